The third-order valence-electron chi connectivity index (χ3n) is 6.42. The molecule has 5 atom stereocenters. The van der Waals surface area contributed by atoms with Gasteiger partial charge in [0.2, 0.25) is 11.8 Å². The second-order valence-corrected chi connectivity index (χ2v) is 8.16. The van der Waals surface area contributed by atoms with Gasteiger partial charge in [0.15, 0.2) is 0 Å². The maximum atomic E-state index is 12.7. The molecule has 2 fully saturated rings. The minimum absolute atomic E-state index is 0.0338. The van der Waals surface area contributed by atoms with Crippen molar-refractivity contribution in [3.63, 3.8) is 0 Å². The number of amides is 2. The highest BCUT2D eigenvalue weighted by Crippen LogP contribution is 2.52. The second-order valence-electron chi connectivity index (χ2n) is 8.16. The molecule has 3 rings (SSSR count). The molecule has 3 aliphatic rings. The van der Waals surface area contributed by atoms with Gasteiger partial charge < -0.3 is 0 Å². The minimum Gasteiger partial charge on any atom is -0.279 e. The van der Waals surface area contributed by atoms with Crippen LogP contribution < -0.4 is 0 Å². The summed E-state index contributed by atoms with van der Waals surface area (Å²) < 4.78 is 0. The molecular formula is C21H33NO2. The van der Waals surface area contributed by atoms with Gasteiger partial charge in [-0.15, -0.1) is 0 Å². The SMILES string of the molecule is CCCCCCCCCCC(C)N1C(=O)C2C3C=CC(C3)C2C1=O. The van der Waals surface area contributed by atoms with Crippen LogP contribution in [0.4, 0.5) is 0 Å². The van der Waals surface area contributed by atoms with Gasteiger partial charge in [-0.2, -0.15) is 0 Å². The fourth-order valence-electron chi connectivity index (χ4n) is 5.06. The van der Waals surface area contributed by atoms with Crippen molar-refractivity contribution >= 4 is 11.8 Å². The number of carbonyl (C=O) groups excluding carboxylic acids is 2. The lowest BCUT2D eigenvalue weighted by Gasteiger charge is -2.24. The maximum Gasteiger partial charge on any atom is 0.233 e. The standard InChI is InChI=1S/C21H33NO2/c1-3-4-5-6-7-8-9-10-11-15(2)22-20(23)18-16-12-13-17(14-16)19(18)21(22)24/h12-13,15-19H,3-11,14H2,1-2H3. The Morgan fingerprint density at radius 3 is 1.96 bits per heavy atom. The van der Waals surface area contributed by atoms with Crippen molar-refractivity contribution in [3.05, 3.63) is 12.2 Å². The Morgan fingerprint density at radius 2 is 1.42 bits per heavy atom. The van der Waals surface area contributed by atoms with E-state index in [4.69, 9.17) is 0 Å². The topological polar surface area (TPSA) is 37.4 Å². The Labute approximate surface area is 146 Å². The van der Waals surface area contributed by atoms with Gasteiger partial charge in [0.25, 0.3) is 0 Å². The van der Waals surface area contributed by atoms with E-state index in [2.05, 4.69) is 26.0 Å². The molecule has 0 aromatic rings. The molecule has 134 valence electrons. The highest BCUT2D eigenvalue weighted by atomic mass is 16.2. The van der Waals surface area contributed by atoms with Crippen LogP contribution in [-0.2, 0) is 9.59 Å². The number of rotatable bonds is 10. The van der Waals surface area contributed by atoms with Gasteiger partial charge in [-0.25, -0.2) is 0 Å². The molecule has 1 saturated heterocycles. The van der Waals surface area contributed by atoms with E-state index in [-0.39, 0.29) is 29.7 Å². The third-order valence-corrected chi connectivity index (χ3v) is 6.42. The Morgan fingerprint density at radius 1 is 0.917 bits per heavy atom. The lowest BCUT2D eigenvalue weighted by Crippen LogP contribution is -2.40. The quantitative estimate of drug-likeness (QED) is 0.330. The molecule has 3 heteroatoms. The van der Waals surface area contributed by atoms with E-state index in [0.717, 1.165) is 19.3 Å². The van der Waals surface area contributed by atoms with Crippen LogP contribution in [0, 0.1) is 23.7 Å². The largest absolute Gasteiger partial charge is 0.279 e. The van der Waals surface area contributed by atoms with E-state index in [1.54, 1.807) is 4.90 Å². The molecule has 24 heavy (non-hydrogen) atoms. The number of allylic oxidation sites excluding steroid dienone is 2. The number of nitrogens with zero attached hydrogens (tertiary/aromatic N) is 1. The summed E-state index contributed by atoms with van der Waals surface area (Å²) in [7, 11) is 0. The molecule has 1 heterocycles. The number of fused-ring (bicyclic) bond motifs is 5. The van der Waals surface area contributed by atoms with Crippen LogP contribution in [0.3, 0.4) is 0 Å². The van der Waals surface area contributed by atoms with Crippen molar-refractivity contribution in [3.8, 4) is 0 Å². The van der Waals surface area contributed by atoms with Crippen molar-refractivity contribution in [1.29, 1.82) is 0 Å². The predicted octanol–water partition coefficient (Wildman–Crippen LogP) is 4.71. The maximum absolute atomic E-state index is 12.7. The Kier molecular flexibility index (Phi) is 5.78. The molecule has 1 saturated carbocycles. The van der Waals surface area contributed by atoms with E-state index in [0.29, 0.717) is 11.8 Å². The number of imide groups is 1. The minimum atomic E-state index is -0.0338. The van der Waals surface area contributed by atoms with E-state index >= 15 is 0 Å². The summed E-state index contributed by atoms with van der Waals surface area (Å²) in [4.78, 5) is 27.1. The molecule has 0 aromatic carbocycles. The first-order chi connectivity index (χ1) is 11.6. The van der Waals surface area contributed by atoms with Crippen LogP contribution in [0.15, 0.2) is 12.2 Å². The van der Waals surface area contributed by atoms with Gasteiger partial charge in [0.1, 0.15) is 0 Å². The average molecular weight is 332 g/mol. The lowest BCUT2D eigenvalue weighted by molar-refractivity contribution is -0.143. The van der Waals surface area contributed by atoms with Crippen molar-refractivity contribution in [2.24, 2.45) is 23.7 Å². The molecular weight excluding hydrogens is 298 g/mol. The van der Waals surface area contributed by atoms with Crippen molar-refractivity contribution < 1.29 is 9.59 Å². The molecule has 5 unspecified atom stereocenters. The number of hydrogen-bond donors (Lipinski definition) is 0. The van der Waals surface area contributed by atoms with Gasteiger partial charge in [-0.3, -0.25) is 14.5 Å². The number of carbonyl (C=O) groups is 2. The smallest absolute Gasteiger partial charge is 0.233 e. The van der Waals surface area contributed by atoms with E-state index < -0.39 is 0 Å². The van der Waals surface area contributed by atoms with Crippen LogP contribution >= 0.6 is 0 Å². The zero-order valence-electron chi connectivity index (χ0n) is 15.4. The van der Waals surface area contributed by atoms with Gasteiger partial charge in [0, 0.05) is 6.04 Å². The highest BCUT2D eigenvalue weighted by Gasteiger charge is 2.59. The van der Waals surface area contributed by atoms with Gasteiger partial charge in [0.05, 0.1) is 11.8 Å². The first-order valence-electron chi connectivity index (χ1n) is 10.2. The van der Waals surface area contributed by atoms with Crippen LogP contribution in [-0.4, -0.2) is 22.8 Å². The molecule has 1 aliphatic heterocycles. The molecule has 0 aromatic heterocycles. The normalized spacial score (nSPS) is 32.0. The van der Waals surface area contributed by atoms with Crippen LogP contribution in [0.25, 0.3) is 0 Å². The van der Waals surface area contributed by atoms with Crippen LogP contribution in [0.2, 0.25) is 0 Å². The van der Waals surface area contributed by atoms with Crippen LogP contribution in [0.5, 0.6) is 0 Å². The number of unbranched alkanes of at least 4 members (excludes halogenated alkanes) is 7. The lowest BCUT2D eigenvalue weighted by atomic mass is 9.85. The fraction of sp³-hybridized carbons (Fsp3) is 0.810. The molecule has 0 spiro atoms. The first kappa shape index (κ1) is 17.7. The van der Waals surface area contributed by atoms with E-state index in [1.807, 2.05) is 0 Å². The van der Waals surface area contributed by atoms with Crippen molar-refractivity contribution in [2.75, 3.05) is 0 Å². The first-order valence-corrected chi connectivity index (χ1v) is 10.2. The molecule has 2 bridgehead atoms. The molecule has 0 N–H and O–H groups in total. The van der Waals surface area contributed by atoms with Crippen molar-refractivity contribution in [1.82, 2.24) is 4.90 Å². The Hall–Kier alpha value is -1.12. The fourth-order valence-corrected chi connectivity index (χ4v) is 5.06. The van der Waals surface area contributed by atoms with Gasteiger partial charge in [-0.05, 0) is 31.6 Å². The summed E-state index contributed by atoms with van der Waals surface area (Å²) in [5.41, 5.74) is 0. The molecule has 2 aliphatic carbocycles. The molecule has 3 nitrogen and oxygen atoms in total. The van der Waals surface area contributed by atoms with E-state index in [1.165, 1.54) is 44.9 Å². The third kappa shape index (κ3) is 3.32. The Bertz CT molecular complexity index is 468. The summed E-state index contributed by atoms with van der Waals surface area (Å²) in [5, 5.41) is 0. The second kappa shape index (κ2) is 7.84. The monoisotopic (exact) mass is 331 g/mol. The van der Waals surface area contributed by atoms with Gasteiger partial charge in [-0.1, -0.05) is 70.4 Å². The van der Waals surface area contributed by atoms with Gasteiger partial charge >= 0.3 is 0 Å². The van der Waals surface area contributed by atoms with Crippen LogP contribution in [0.1, 0.15) is 78.1 Å². The zero-order chi connectivity index (χ0) is 17.1. The summed E-state index contributed by atoms with van der Waals surface area (Å²) in [5.74, 6) is 0.832. The summed E-state index contributed by atoms with van der Waals surface area (Å²) >= 11 is 0. The number of likely N-dealkylation sites (tertiary alicyclic amines) is 1. The Balaban J connectivity index is 1.39. The number of hydrogen-bond acceptors (Lipinski definition) is 2. The summed E-state index contributed by atoms with van der Waals surface area (Å²) in [6.07, 6.45) is 16.7. The predicted molar refractivity (Wildman–Crippen MR) is 96.3 cm³/mol. The van der Waals surface area contributed by atoms with Crippen molar-refractivity contribution in [2.45, 2.75) is 84.1 Å². The van der Waals surface area contributed by atoms with E-state index in [9.17, 15) is 9.59 Å². The average Bonchev–Trinajstić information content (AvgIpc) is 3.24. The zero-order valence-corrected chi connectivity index (χ0v) is 15.4. The highest BCUT2D eigenvalue weighted by molar-refractivity contribution is 6.06. The molecule has 2 amide bonds. The summed E-state index contributed by atoms with van der Waals surface area (Å²) in [6.45, 7) is 4.31. The molecule has 0 radical (unpaired) electrons. The summed E-state index contributed by atoms with van der Waals surface area (Å²) in [6, 6.07) is 0.0788.